The summed E-state index contributed by atoms with van der Waals surface area (Å²) in [7, 11) is 3.64. The van der Waals surface area contributed by atoms with E-state index in [4.69, 9.17) is 35.5 Å². The van der Waals surface area contributed by atoms with E-state index in [1.165, 1.54) is 10.4 Å². The van der Waals surface area contributed by atoms with Crippen LogP contribution in [0.4, 0.5) is 11.4 Å². The molecule has 6 nitrogen and oxygen atoms in total. The Hall–Kier alpha value is -2.94. The van der Waals surface area contributed by atoms with Crippen LogP contribution in [0.1, 0.15) is 34.7 Å². The van der Waals surface area contributed by atoms with Gasteiger partial charge < -0.3 is 9.73 Å². The summed E-state index contributed by atoms with van der Waals surface area (Å²) in [5.74, 6) is 0.226. The van der Waals surface area contributed by atoms with Crippen LogP contribution in [0, 0.1) is 0 Å². The largest absolute Gasteiger partial charge is 0.455 e. The highest BCUT2D eigenvalue weighted by Gasteiger charge is 2.34. The number of carbonyl (C=O) groups excluding carboxylic acids is 1. The Labute approximate surface area is 220 Å². The number of anilines is 2. The maximum Gasteiger partial charge on any atom is 0.255 e. The fourth-order valence-electron chi connectivity index (χ4n) is 4.35. The second-order valence-corrected chi connectivity index (χ2v) is 11.5. The molecule has 3 aromatic carbocycles. The summed E-state index contributed by atoms with van der Waals surface area (Å²) in [6.45, 7) is 0. The van der Waals surface area contributed by atoms with Crippen LogP contribution in [0.15, 0.2) is 59.0 Å². The number of nitrogens with zero attached hydrogens (tertiary/aromatic N) is 1. The van der Waals surface area contributed by atoms with Gasteiger partial charge in [0, 0.05) is 34.1 Å². The van der Waals surface area contributed by atoms with E-state index in [0.717, 1.165) is 24.7 Å². The molecule has 1 saturated carbocycles. The minimum atomic E-state index is -3.78. The van der Waals surface area contributed by atoms with Crippen molar-refractivity contribution in [2.75, 3.05) is 17.6 Å². The minimum Gasteiger partial charge on any atom is -0.455 e. The van der Waals surface area contributed by atoms with E-state index in [2.05, 4.69) is 5.32 Å². The zero-order chi connectivity index (χ0) is 25.8. The Bertz CT molecular complexity index is 1610. The molecule has 4 aromatic rings. The summed E-state index contributed by atoms with van der Waals surface area (Å²) in [6.07, 6.45) is 2.96. The van der Waals surface area contributed by atoms with E-state index >= 15 is 0 Å². The maximum atomic E-state index is 13.1. The molecule has 0 saturated heterocycles. The summed E-state index contributed by atoms with van der Waals surface area (Å²) < 4.78 is 33.6. The molecule has 5 rings (SSSR count). The molecule has 0 bridgehead atoms. The number of rotatable bonds is 6. The molecule has 1 heterocycles. The van der Waals surface area contributed by atoms with Crippen LogP contribution >= 0.6 is 23.2 Å². The van der Waals surface area contributed by atoms with Crippen molar-refractivity contribution < 1.29 is 17.6 Å². The van der Waals surface area contributed by atoms with Gasteiger partial charge in [0.05, 0.1) is 23.2 Å². The molecule has 1 aromatic heterocycles. The van der Waals surface area contributed by atoms with Gasteiger partial charge in [0.2, 0.25) is 10.0 Å². The van der Waals surface area contributed by atoms with Gasteiger partial charge in [-0.05, 0) is 66.8 Å². The minimum absolute atomic E-state index is 0.157. The lowest BCUT2D eigenvalue weighted by Crippen LogP contribution is -2.26. The molecule has 1 amide bonds. The van der Waals surface area contributed by atoms with Crippen LogP contribution in [-0.4, -0.2) is 35.5 Å². The number of hydrogen-bond acceptors (Lipinski definition) is 4. The molecule has 10 heteroatoms. The van der Waals surface area contributed by atoms with E-state index in [9.17, 15) is 13.2 Å². The first-order chi connectivity index (χ1) is 17.1. The third-order valence-corrected chi connectivity index (χ3v) is 7.83. The van der Waals surface area contributed by atoms with Crippen LogP contribution in [-0.2, 0) is 10.0 Å². The predicted octanol–water partition coefficient (Wildman–Crippen LogP) is 5.54. The number of fused-ring (bicyclic) bond motifs is 1. The molecule has 182 valence electrons. The third-order valence-electron chi connectivity index (χ3n) is 6.18. The summed E-state index contributed by atoms with van der Waals surface area (Å²) in [4.78, 5) is 13.0. The Morgan fingerprint density at radius 2 is 1.78 bits per heavy atom. The molecule has 0 unspecified atom stereocenters. The molecule has 2 radical (unpaired) electrons. The van der Waals surface area contributed by atoms with Gasteiger partial charge in [-0.2, -0.15) is 0 Å². The number of nitrogens with one attached hydrogen (secondary N) is 1. The molecule has 0 atom stereocenters. The zero-order valence-electron chi connectivity index (χ0n) is 19.5. The average Bonchev–Trinajstić information content (AvgIpc) is 3.61. The zero-order valence-corrected chi connectivity index (χ0v) is 21.8. The van der Waals surface area contributed by atoms with Crippen molar-refractivity contribution >= 4 is 74.8 Å². The Morgan fingerprint density at radius 3 is 2.36 bits per heavy atom. The SMILES string of the molecule is [B]c1ccc(N(c2cc3oc(-c4ccc(Cl)cc4)c(C(=O)NC)c3cc2C2CC2)S(C)(=O)=O)cc1Cl. The van der Waals surface area contributed by atoms with E-state index in [1.54, 1.807) is 49.5 Å². The fraction of sp³-hybridized carbons (Fsp3) is 0.192. The highest BCUT2D eigenvalue weighted by molar-refractivity contribution is 7.92. The molecule has 36 heavy (non-hydrogen) atoms. The van der Waals surface area contributed by atoms with Gasteiger partial charge in [-0.1, -0.05) is 34.7 Å². The number of carbonyl (C=O) groups is 1. The molecular formula is C26H21BCl2N2O4S. The second kappa shape index (κ2) is 9.18. The Kier molecular flexibility index (Phi) is 6.31. The van der Waals surface area contributed by atoms with Gasteiger partial charge in [0.25, 0.3) is 5.91 Å². The van der Waals surface area contributed by atoms with Gasteiger partial charge in [-0.3, -0.25) is 4.79 Å². The van der Waals surface area contributed by atoms with Gasteiger partial charge in [0.15, 0.2) is 0 Å². The smallest absolute Gasteiger partial charge is 0.255 e. The maximum absolute atomic E-state index is 13.1. The predicted molar refractivity (Wildman–Crippen MR) is 146 cm³/mol. The first-order valence-electron chi connectivity index (χ1n) is 11.2. The molecular weight excluding hydrogens is 518 g/mol. The molecule has 1 fully saturated rings. The first-order valence-corrected chi connectivity index (χ1v) is 13.8. The highest BCUT2D eigenvalue weighted by Crippen LogP contribution is 2.49. The Balaban J connectivity index is 1.80. The number of amides is 1. The third kappa shape index (κ3) is 4.49. The van der Waals surface area contributed by atoms with Crippen LogP contribution in [0.25, 0.3) is 22.3 Å². The number of sulfonamides is 1. The lowest BCUT2D eigenvalue weighted by Gasteiger charge is -2.25. The quantitative estimate of drug-likeness (QED) is 0.327. The van der Waals surface area contributed by atoms with E-state index in [0.29, 0.717) is 49.7 Å². The number of furan rings is 1. The lowest BCUT2D eigenvalue weighted by atomic mass is 9.96. The first kappa shape index (κ1) is 24.7. The van der Waals surface area contributed by atoms with Crippen molar-refractivity contribution in [2.45, 2.75) is 18.8 Å². The van der Waals surface area contributed by atoms with Crippen molar-refractivity contribution in [3.05, 3.63) is 75.8 Å². The number of hydrogen-bond donors (Lipinski definition) is 1. The van der Waals surface area contributed by atoms with Gasteiger partial charge >= 0.3 is 0 Å². The van der Waals surface area contributed by atoms with Crippen molar-refractivity contribution in [3.63, 3.8) is 0 Å². The van der Waals surface area contributed by atoms with Crippen molar-refractivity contribution in [1.29, 1.82) is 0 Å². The molecule has 0 spiro atoms. The molecule has 1 aliphatic carbocycles. The van der Waals surface area contributed by atoms with E-state index in [1.807, 2.05) is 6.07 Å². The summed E-state index contributed by atoms with van der Waals surface area (Å²) in [5, 5.41) is 4.10. The van der Waals surface area contributed by atoms with Crippen molar-refractivity contribution in [3.8, 4) is 11.3 Å². The summed E-state index contributed by atoms with van der Waals surface area (Å²) >= 11 is 12.3. The normalized spacial score (nSPS) is 13.7. The van der Waals surface area contributed by atoms with Crippen molar-refractivity contribution in [1.82, 2.24) is 5.32 Å². The van der Waals surface area contributed by atoms with Gasteiger partial charge in [0.1, 0.15) is 19.2 Å². The van der Waals surface area contributed by atoms with Crippen LogP contribution in [0.5, 0.6) is 0 Å². The second-order valence-electron chi connectivity index (χ2n) is 8.81. The Morgan fingerprint density at radius 1 is 1.08 bits per heavy atom. The topological polar surface area (TPSA) is 79.6 Å². The highest BCUT2D eigenvalue weighted by atomic mass is 35.5. The van der Waals surface area contributed by atoms with Gasteiger partial charge in [-0.15, -0.1) is 0 Å². The van der Waals surface area contributed by atoms with Crippen LogP contribution in [0.3, 0.4) is 0 Å². The monoisotopic (exact) mass is 538 g/mol. The molecule has 1 N–H and O–H groups in total. The number of halogens is 2. The summed E-state index contributed by atoms with van der Waals surface area (Å²) in [5.41, 5.74) is 3.41. The van der Waals surface area contributed by atoms with E-state index in [-0.39, 0.29) is 16.8 Å². The number of benzene rings is 3. The molecule has 0 aliphatic heterocycles. The van der Waals surface area contributed by atoms with Gasteiger partial charge in [-0.25, -0.2) is 12.7 Å². The van der Waals surface area contributed by atoms with Crippen LogP contribution < -0.4 is 15.1 Å². The standard InChI is InChI=1S/C26H21BCl2N2O4S/c1-30-26(32)24-19-12-18(14-3-4-14)22(13-23(19)35-25(24)15-5-7-16(28)8-6-15)31(36(2,33)34)17-9-10-20(27)21(29)11-17/h5-14H,3-4H2,1-2H3,(H,30,32). The van der Waals surface area contributed by atoms with Crippen LogP contribution in [0.2, 0.25) is 10.0 Å². The average molecular weight is 539 g/mol. The fourth-order valence-corrected chi connectivity index (χ4v) is 5.67. The molecule has 1 aliphatic rings. The van der Waals surface area contributed by atoms with E-state index < -0.39 is 10.0 Å². The summed E-state index contributed by atoms with van der Waals surface area (Å²) in [6, 6.07) is 15.2. The lowest BCUT2D eigenvalue weighted by molar-refractivity contribution is 0.0964. The van der Waals surface area contributed by atoms with Crippen molar-refractivity contribution in [2.24, 2.45) is 0 Å².